The molecule has 0 saturated heterocycles. The summed E-state index contributed by atoms with van der Waals surface area (Å²) in [6.07, 6.45) is 0. The van der Waals surface area contributed by atoms with E-state index in [1.54, 1.807) is 11.3 Å². The molecule has 1 unspecified atom stereocenters. The maximum absolute atomic E-state index is 6.00. The molecule has 0 saturated carbocycles. The summed E-state index contributed by atoms with van der Waals surface area (Å²) < 4.78 is 6.66. The highest BCUT2D eigenvalue weighted by molar-refractivity contribution is 7.22. The van der Waals surface area contributed by atoms with Gasteiger partial charge in [0.1, 0.15) is 11.5 Å². The number of anilines is 1. The Hall–Kier alpha value is -1.52. The van der Waals surface area contributed by atoms with Gasteiger partial charge in [0.2, 0.25) is 0 Å². The third kappa shape index (κ3) is 2.53. The van der Waals surface area contributed by atoms with Gasteiger partial charge in [-0.05, 0) is 45.0 Å². The number of fused-ring (bicyclic) bond motifs is 1. The Morgan fingerprint density at radius 1 is 1.30 bits per heavy atom. The van der Waals surface area contributed by atoms with Crippen LogP contribution in [-0.4, -0.2) is 4.98 Å². The molecule has 0 aliphatic rings. The number of aryl methyl sites for hydroxylation is 2. The maximum atomic E-state index is 6.00. The van der Waals surface area contributed by atoms with Gasteiger partial charge >= 0.3 is 0 Å². The molecule has 1 aromatic carbocycles. The summed E-state index contributed by atoms with van der Waals surface area (Å²) >= 11 is 7.61. The topological polar surface area (TPSA) is 38.1 Å². The standard InChI is InChI=1S/C15H15ClN2OS/c1-8-6-12(10(3)19-8)9(2)17-15-18-13-5-4-11(16)7-14(13)20-15/h4-7,9H,1-3H3,(H,17,18). The first kappa shape index (κ1) is 13.5. The normalized spacial score (nSPS) is 12.8. The highest BCUT2D eigenvalue weighted by Crippen LogP contribution is 2.31. The van der Waals surface area contributed by atoms with Gasteiger partial charge in [0.05, 0.1) is 16.3 Å². The van der Waals surface area contributed by atoms with Gasteiger partial charge in [0.15, 0.2) is 5.13 Å². The summed E-state index contributed by atoms with van der Waals surface area (Å²) in [7, 11) is 0. The first-order valence-electron chi connectivity index (χ1n) is 6.42. The molecule has 3 rings (SSSR count). The SMILES string of the molecule is Cc1cc(C(C)Nc2nc3ccc(Cl)cc3s2)c(C)o1. The van der Waals surface area contributed by atoms with Crippen LogP contribution in [0.1, 0.15) is 30.0 Å². The number of furan rings is 1. The van der Waals surface area contributed by atoms with Crippen molar-refractivity contribution in [1.82, 2.24) is 4.98 Å². The predicted octanol–water partition coefficient (Wildman–Crippen LogP) is 5.33. The zero-order valence-electron chi connectivity index (χ0n) is 11.5. The second kappa shape index (κ2) is 5.11. The summed E-state index contributed by atoms with van der Waals surface area (Å²) in [5.41, 5.74) is 2.13. The minimum atomic E-state index is 0.156. The van der Waals surface area contributed by atoms with Crippen molar-refractivity contribution >= 4 is 38.3 Å². The van der Waals surface area contributed by atoms with Crippen LogP contribution in [-0.2, 0) is 0 Å². The summed E-state index contributed by atoms with van der Waals surface area (Å²) in [6.45, 7) is 6.05. The summed E-state index contributed by atoms with van der Waals surface area (Å²) in [5.74, 6) is 1.88. The second-order valence-corrected chi connectivity index (χ2v) is 6.33. The molecule has 0 fully saturated rings. The summed E-state index contributed by atoms with van der Waals surface area (Å²) in [4.78, 5) is 4.57. The number of nitrogens with zero attached hydrogens (tertiary/aromatic N) is 1. The number of hydrogen-bond donors (Lipinski definition) is 1. The largest absolute Gasteiger partial charge is 0.466 e. The Morgan fingerprint density at radius 3 is 2.80 bits per heavy atom. The smallest absolute Gasteiger partial charge is 0.184 e. The van der Waals surface area contributed by atoms with E-state index in [1.165, 1.54) is 5.56 Å². The number of aromatic nitrogens is 1. The van der Waals surface area contributed by atoms with E-state index in [9.17, 15) is 0 Å². The van der Waals surface area contributed by atoms with E-state index < -0.39 is 0 Å². The number of thiazole rings is 1. The minimum absolute atomic E-state index is 0.156. The Labute approximate surface area is 126 Å². The van der Waals surface area contributed by atoms with Gasteiger partial charge < -0.3 is 9.73 Å². The van der Waals surface area contributed by atoms with Crippen molar-refractivity contribution < 1.29 is 4.42 Å². The lowest BCUT2D eigenvalue weighted by Crippen LogP contribution is -2.06. The van der Waals surface area contributed by atoms with Crippen LogP contribution in [0.3, 0.4) is 0 Å². The van der Waals surface area contributed by atoms with E-state index in [0.717, 1.165) is 31.9 Å². The van der Waals surface area contributed by atoms with E-state index in [2.05, 4.69) is 23.3 Å². The zero-order valence-corrected chi connectivity index (χ0v) is 13.1. The molecule has 0 spiro atoms. The lowest BCUT2D eigenvalue weighted by Gasteiger charge is -2.11. The molecule has 0 radical (unpaired) electrons. The summed E-state index contributed by atoms with van der Waals surface area (Å²) in [6, 6.07) is 7.97. The third-order valence-corrected chi connectivity index (χ3v) is 4.42. The van der Waals surface area contributed by atoms with E-state index in [-0.39, 0.29) is 6.04 Å². The fourth-order valence-electron chi connectivity index (χ4n) is 2.30. The van der Waals surface area contributed by atoms with Crippen LogP contribution in [0, 0.1) is 13.8 Å². The van der Waals surface area contributed by atoms with Gasteiger partial charge in [-0.3, -0.25) is 0 Å². The van der Waals surface area contributed by atoms with Crippen LogP contribution in [0.4, 0.5) is 5.13 Å². The number of nitrogens with one attached hydrogen (secondary N) is 1. The van der Waals surface area contributed by atoms with Crippen molar-refractivity contribution in [2.24, 2.45) is 0 Å². The lowest BCUT2D eigenvalue weighted by atomic mass is 10.1. The molecule has 3 aromatic rings. The molecule has 3 nitrogen and oxygen atoms in total. The summed E-state index contributed by atoms with van der Waals surface area (Å²) in [5, 5.41) is 5.06. The molecule has 5 heteroatoms. The average Bonchev–Trinajstić information content (AvgIpc) is 2.91. The Balaban J connectivity index is 1.87. The number of halogens is 1. The van der Waals surface area contributed by atoms with E-state index in [0.29, 0.717) is 0 Å². The van der Waals surface area contributed by atoms with Crippen molar-refractivity contribution in [3.63, 3.8) is 0 Å². The Bertz CT molecular complexity index is 762. The van der Waals surface area contributed by atoms with Crippen molar-refractivity contribution in [1.29, 1.82) is 0 Å². The van der Waals surface area contributed by atoms with Gasteiger partial charge in [-0.2, -0.15) is 0 Å². The van der Waals surface area contributed by atoms with Gasteiger partial charge in [0.25, 0.3) is 0 Å². The van der Waals surface area contributed by atoms with Crippen molar-refractivity contribution in [3.8, 4) is 0 Å². The second-order valence-electron chi connectivity index (χ2n) is 4.87. The number of rotatable bonds is 3. The lowest BCUT2D eigenvalue weighted by molar-refractivity contribution is 0.500. The monoisotopic (exact) mass is 306 g/mol. The molecule has 1 atom stereocenters. The van der Waals surface area contributed by atoms with Crippen LogP contribution in [0.25, 0.3) is 10.2 Å². The van der Waals surface area contributed by atoms with Crippen LogP contribution in [0.15, 0.2) is 28.7 Å². The zero-order chi connectivity index (χ0) is 14.3. The molecule has 0 amide bonds. The molecule has 0 bridgehead atoms. The van der Waals surface area contributed by atoms with Crippen LogP contribution in [0.2, 0.25) is 5.02 Å². The molecule has 0 aliphatic heterocycles. The first-order valence-corrected chi connectivity index (χ1v) is 7.62. The predicted molar refractivity (Wildman–Crippen MR) is 84.8 cm³/mol. The molecule has 2 aromatic heterocycles. The van der Waals surface area contributed by atoms with Crippen molar-refractivity contribution in [3.05, 3.63) is 46.4 Å². The first-order chi connectivity index (χ1) is 9.52. The minimum Gasteiger partial charge on any atom is -0.466 e. The average molecular weight is 307 g/mol. The van der Waals surface area contributed by atoms with Gasteiger partial charge in [-0.25, -0.2) is 4.98 Å². The Kier molecular flexibility index (Phi) is 3.44. The molecule has 0 aliphatic carbocycles. The highest BCUT2D eigenvalue weighted by atomic mass is 35.5. The van der Waals surface area contributed by atoms with Crippen molar-refractivity contribution in [2.45, 2.75) is 26.8 Å². The van der Waals surface area contributed by atoms with E-state index >= 15 is 0 Å². The fourth-order valence-corrected chi connectivity index (χ4v) is 3.53. The molecule has 1 N–H and O–H groups in total. The molecule has 104 valence electrons. The third-order valence-electron chi connectivity index (χ3n) is 3.24. The number of benzene rings is 1. The molecular weight excluding hydrogens is 292 g/mol. The maximum Gasteiger partial charge on any atom is 0.184 e. The van der Waals surface area contributed by atoms with Gasteiger partial charge in [0, 0.05) is 10.6 Å². The molecule has 20 heavy (non-hydrogen) atoms. The quantitative estimate of drug-likeness (QED) is 0.710. The fraction of sp³-hybridized carbons (Fsp3) is 0.267. The van der Waals surface area contributed by atoms with Gasteiger partial charge in [-0.1, -0.05) is 22.9 Å². The molecular formula is C15H15ClN2OS. The highest BCUT2D eigenvalue weighted by Gasteiger charge is 2.14. The van der Waals surface area contributed by atoms with E-state index in [4.69, 9.17) is 16.0 Å². The van der Waals surface area contributed by atoms with Gasteiger partial charge in [-0.15, -0.1) is 0 Å². The number of hydrogen-bond acceptors (Lipinski definition) is 4. The van der Waals surface area contributed by atoms with Crippen LogP contribution >= 0.6 is 22.9 Å². The Morgan fingerprint density at radius 2 is 2.10 bits per heavy atom. The van der Waals surface area contributed by atoms with Crippen LogP contribution < -0.4 is 5.32 Å². The molecule has 2 heterocycles. The van der Waals surface area contributed by atoms with Crippen LogP contribution in [0.5, 0.6) is 0 Å². The van der Waals surface area contributed by atoms with Crippen molar-refractivity contribution in [2.75, 3.05) is 5.32 Å². The van der Waals surface area contributed by atoms with E-state index in [1.807, 2.05) is 32.0 Å².